The van der Waals surface area contributed by atoms with Crippen molar-refractivity contribution in [1.29, 1.82) is 0 Å². The molecular formula is C16H19NO2S. The van der Waals surface area contributed by atoms with Gasteiger partial charge in [0.15, 0.2) is 0 Å². The summed E-state index contributed by atoms with van der Waals surface area (Å²) in [6.07, 6.45) is 0.682. The van der Waals surface area contributed by atoms with Crippen LogP contribution in [0.5, 0.6) is 0 Å². The van der Waals surface area contributed by atoms with Crippen LogP contribution in [0.3, 0.4) is 0 Å². The van der Waals surface area contributed by atoms with Gasteiger partial charge < -0.3 is 5.11 Å². The number of aromatic carboxylic acids is 1. The third kappa shape index (κ3) is 3.25. The summed E-state index contributed by atoms with van der Waals surface area (Å²) in [4.78, 5) is 16.3. The van der Waals surface area contributed by atoms with Crippen molar-refractivity contribution in [3.8, 4) is 0 Å². The van der Waals surface area contributed by atoms with Gasteiger partial charge in [-0.05, 0) is 12.5 Å². The van der Waals surface area contributed by atoms with Gasteiger partial charge in [0.25, 0.3) is 0 Å². The summed E-state index contributed by atoms with van der Waals surface area (Å²) in [5, 5.41) is 10.2. The highest BCUT2D eigenvalue weighted by atomic mass is 32.1. The number of thiazole rings is 1. The molecule has 0 unspecified atom stereocenters. The lowest BCUT2D eigenvalue weighted by molar-refractivity contribution is 0.0699. The SMILES string of the molecule is Cc1ccc(Cc2nc(C(C)(C)C)c(C(=O)O)s2)cc1. The van der Waals surface area contributed by atoms with Gasteiger partial charge in [0.2, 0.25) is 0 Å². The van der Waals surface area contributed by atoms with Gasteiger partial charge in [0.1, 0.15) is 4.88 Å². The third-order valence-corrected chi connectivity index (χ3v) is 4.10. The van der Waals surface area contributed by atoms with Crippen LogP contribution >= 0.6 is 11.3 Å². The van der Waals surface area contributed by atoms with Crippen LogP contribution in [0.4, 0.5) is 0 Å². The maximum Gasteiger partial charge on any atom is 0.347 e. The number of aromatic nitrogens is 1. The van der Waals surface area contributed by atoms with E-state index < -0.39 is 5.97 Å². The average Bonchev–Trinajstić information content (AvgIpc) is 2.76. The van der Waals surface area contributed by atoms with Gasteiger partial charge in [-0.3, -0.25) is 0 Å². The second-order valence-electron chi connectivity index (χ2n) is 6.00. The van der Waals surface area contributed by atoms with Crippen molar-refractivity contribution in [2.75, 3.05) is 0 Å². The van der Waals surface area contributed by atoms with Crippen LogP contribution in [0, 0.1) is 6.92 Å². The van der Waals surface area contributed by atoms with Crippen molar-refractivity contribution in [2.45, 2.75) is 39.5 Å². The van der Waals surface area contributed by atoms with Gasteiger partial charge in [0.05, 0.1) is 10.7 Å². The first-order valence-electron chi connectivity index (χ1n) is 6.56. The first kappa shape index (κ1) is 14.7. The molecule has 2 rings (SSSR count). The molecule has 0 aliphatic carbocycles. The first-order chi connectivity index (χ1) is 9.27. The lowest BCUT2D eigenvalue weighted by Crippen LogP contribution is -2.16. The predicted molar refractivity (Wildman–Crippen MR) is 81.8 cm³/mol. The summed E-state index contributed by atoms with van der Waals surface area (Å²) in [6.45, 7) is 8.02. The molecule has 0 bridgehead atoms. The third-order valence-electron chi connectivity index (χ3n) is 3.05. The van der Waals surface area contributed by atoms with E-state index in [1.165, 1.54) is 16.9 Å². The molecule has 3 nitrogen and oxygen atoms in total. The lowest BCUT2D eigenvalue weighted by atomic mass is 9.91. The fraction of sp³-hybridized carbons (Fsp3) is 0.375. The molecule has 4 heteroatoms. The zero-order valence-electron chi connectivity index (χ0n) is 12.2. The number of hydrogen-bond acceptors (Lipinski definition) is 3. The molecule has 0 spiro atoms. The number of carboxylic acid groups (broad SMARTS) is 1. The van der Waals surface area contributed by atoms with Crippen molar-refractivity contribution in [3.05, 3.63) is 51.0 Å². The molecule has 0 aliphatic rings. The van der Waals surface area contributed by atoms with E-state index in [-0.39, 0.29) is 5.41 Å². The Bertz CT molecular complexity index is 621. The van der Waals surface area contributed by atoms with Crippen LogP contribution in [0.1, 0.15) is 52.3 Å². The molecule has 106 valence electrons. The molecule has 1 aromatic carbocycles. The van der Waals surface area contributed by atoms with Gasteiger partial charge in [0, 0.05) is 11.8 Å². The van der Waals surface area contributed by atoms with E-state index >= 15 is 0 Å². The second-order valence-corrected chi connectivity index (χ2v) is 7.09. The Kier molecular flexibility index (Phi) is 3.95. The van der Waals surface area contributed by atoms with E-state index in [1.54, 1.807) is 0 Å². The van der Waals surface area contributed by atoms with Crippen LogP contribution in [-0.4, -0.2) is 16.1 Å². The Morgan fingerprint density at radius 2 is 1.85 bits per heavy atom. The van der Waals surface area contributed by atoms with E-state index in [0.717, 1.165) is 10.6 Å². The molecule has 0 radical (unpaired) electrons. The van der Waals surface area contributed by atoms with E-state index in [1.807, 2.05) is 27.7 Å². The predicted octanol–water partition coefficient (Wildman–Crippen LogP) is 4.04. The largest absolute Gasteiger partial charge is 0.477 e. The highest BCUT2D eigenvalue weighted by molar-refractivity contribution is 7.13. The molecule has 1 heterocycles. The number of rotatable bonds is 3. The first-order valence-corrected chi connectivity index (χ1v) is 7.38. The normalized spacial score (nSPS) is 11.6. The molecule has 0 aliphatic heterocycles. The Labute approximate surface area is 123 Å². The van der Waals surface area contributed by atoms with Gasteiger partial charge in [-0.2, -0.15) is 0 Å². The highest BCUT2D eigenvalue weighted by Crippen LogP contribution is 2.30. The quantitative estimate of drug-likeness (QED) is 0.927. The fourth-order valence-corrected chi connectivity index (χ4v) is 3.12. The average molecular weight is 289 g/mol. The fourth-order valence-electron chi connectivity index (χ4n) is 1.97. The molecule has 0 fully saturated rings. The molecule has 0 saturated heterocycles. The Morgan fingerprint density at radius 3 is 2.30 bits per heavy atom. The number of carboxylic acids is 1. The zero-order valence-corrected chi connectivity index (χ0v) is 13.0. The maximum atomic E-state index is 11.3. The molecule has 1 N–H and O–H groups in total. The summed E-state index contributed by atoms with van der Waals surface area (Å²) in [6, 6.07) is 8.25. The summed E-state index contributed by atoms with van der Waals surface area (Å²) in [5.41, 5.74) is 2.80. The molecule has 1 aromatic heterocycles. The van der Waals surface area contributed by atoms with Crippen molar-refractivity contribution in [3.63, 3.8) is 0 Å². The van der Waals surface area contributed by atoms with E-state index in [2.05, 4.69) is 29.2 Å². The molecule has 0 atom stereocenters. The van der Waals surface area contributed by atoms with Crippen LogP contribution in [0.25, 0.3) is 0 Å². The lowest BCUT2D eigenvalue weighted by Gasteiger charge is -2.16. The molecule has 0 amide bonds. The summed E-state index contributed by atoms with van der Waals surface area (Å²) >= 11 is 1.28. The second kappa shape index (κ2) is 5.37. The van der Waals surface area contributed by atoms with Gasteiger partial charge in [-0.1, -0.05) is 50.6 Å². The van der Waals surface area contributed by atoms with Gasteiger partial charge in [-0.15, -0.1) is 11.3 Å². The molecular weight excluding hydrogens is 270 g/mol. The number of benzene rings is 1. The minimum absolute atomic E-state index is 0.254. The standard InChI is InChI=1S/C16H19NO2S/c1-10-5-7-11(8-6-10)9-12-17-14(16(2,3)4)13(20-12)15(18)19/h5-8H,9H2,1-4H3,(H,18,19). The highest BCUT2D eigenvalue weighted by Gasteiger charge is 2.26. The van der Waals surface area contributed by atoms with Gasteiger partial charge >= 0.3 is 5.97 Å². The van der Waals surface area contributed by atoms with Crippen molar-refractivity contribution in [2.24, 2.45) is 0 Å². The topological polar surface area (TPSA) is 50.2 Å². The van der Waals surface area contributed by atoms with Crippen molar-refractivity contribution in [1.82, 2.24) is 4.98 Å². The minimum atomic E-state index is -0.886. The number of carbonyl (C=O) groups is 1. The van der Waals surface area contributed by atoms with E-state index in [9.17, 15) is 9.90 Å². The molecule has 20 heavy (non-hydrogen) atoms. The van der Waals surface area contributed by atoms with E-state index in [4.69, 9.17) is 0 Å². The molecule has 0 saturated carbocycles. The van der Waals surface area contributed by atoms with E-state index in [0.29, 0.717) is 17.0 Å². The van der Waals surface area contributed by atoms with Crippen LogP contribution in [-0.2, 0) is 11.8 Å². The number of aryl methyl sites for hydroxylation is 1. The van der Waals surface area contributed by atoms with Crippen molar-refractivity contribution >= 4 is 17.3 Å². The minimum Gasteiger partial charge on any atom is -0.477 e. The van der Waals surface area contributed by atoms with Crippen LogP contribution in [0.2, 0.25) is 0 Å². The van der Waals surface area contributed by atoms with Crippen LogP contribution < -0.4 is 0 Å². The summed E-state index contributed by atoms with van der Waals surface area (Å²) in [5.74, 6) is -0.886. The summed E-state index contributed by atoms with van der Waals surface area (Å²) in [7, 11) is 0. The number of nitrogens with zero attached hydrogens (tertiary/aromatic N) is 1. The summed E-state index contributed by atoms with van der Waals surface area (Å²) < 4.78 is 0. The smallest absolute Gasteiger partial charge is 0.347 e. The Balaban J connectivity index is 2.34. The van der Waals surface area contributed by atoms with Gasteiger partial charge in [-0.25, -0.2) is 9.78 Å². The molecule has 2 aromatic rings. The van der Waals surface area contributed by atoms with Crippen molar-refractivity contribution < 1.29 is 9.90 Å². The Morgan fingerprint density at radius 1 is 1.25 bits per heavy atom. The number of hydrogen-bond donors (Lipinski definition) is 1. The maximum absolute atomic E-state index is 11.3. The monoisotopic (exact) mass is 289 g/mol. The Hall–Kier alpha value is -1.68. The van der Waals surface area contributed by atoms with Crippen LogP contribution in [0.15, 0.2) is 24.3 Å². The zero-order chi connectivity index (χ0) is 14.9.